The van der Waals surface area contributed by atoms with Gasteiger partial charge in [0, 0.05) is 37.0 Å². The molecule has 2 fully saturated rings. The van der Waals surface area contributed by atoms with Crippen molar-refractivity contribution in [3.8, 4) is 11.9 Å². The average Bonchev–Trinajstić information content (AvgIpc) is 3.59. The molecule has 2 aliphatic heterocycles. The topological polar surface area (TPSA) is 107 Å². The zero-order chi connectivity index (χ0) is 30.8. The summed E-state index contributed by atoms with van der Waals surface area (Å²) in [6, 6.07) is 12.1. The van der Waals surface area contributed by atoms with E-state index in [1.807, 2.05) is 22.9 Å². The lowest BCUT2D eigenvalue weighted by atomic mass is 10.0. The van der Waals surface area contributed by atoms with Gasteiger partial charge in [-0.2, -0.15) is 5.26 Å². The molecular weight excluding hydrogens is 563 g/mol. The number of esters is 1. The number of imidazole rings is 1. The van der Waals surface area contributed by atoms with Gasteiger partial charge >= 0.3 is 5.97 Å². The lowest BCUT2D eigenvalue weighted by Crippen LogP contribution is -2.36. The second-order valence-corrected chi connectivity index (χ2v) is 11.9. The number of rotatable bonds is 10. The van der Waals surface area contributed by atoms with Gasteiger partial charge in [0.2, 0.25) is 5.88 Å². The average molecular weight is 601 g/mol. The molecule has 2 aromatic heterocycles. The highest BCUT2D eigenvalue weighted by atomic mass is 19.1. The minimum atomic E-state index is -0.459. The summed E-state index contributed by atoms with van der Waals surface area (Å²) in [6.45, 7) is 8.16. The number of fused-ring (bicyclic) bond motifs is 1. The number of aromatic nitrogens is 4. The second kappa shape index (κ2) is 12.8. The molecule has 0 N–H and O–H groups in total. The van der Waals surface area contributed by atoms with Crippen LogP contribution < -0.4 is 4.74 Å². The van der Waals surface area contributed by atoms with Gasteiger partial charge in [0.1, 0.15) is 18.2 Å². The van der Waals surface area contributed by atoms with E-state index >= 15 is 0 Å². The Hall–Kier alpha value is -4.27. The number of carbonyl (C=O) groups is 1. The van der Waals surface area contributed by atoms with Gasteiger partial charge in [-0.1, -0.05) is 19.9 Å². The number of nitriles is 1. The fraction of sp³-hybridized carbons (Fsp3) is 0.455. The van der Waals surface area contributed by atoms with Crippen molar-refractivity contribution < 1.29 is 23.4 Å². The van der Waals surface area contributed by atoms with E-state index in [0.29, 0.717) is 30.1 Å². The van der Waals surface area contributed by atoms with E-state index in [-0.39, 0.29) is 36.2 Å². The van der Waals surface area contributed by atoms with Crippen LogP contribution in [-0.2, 0) is 29.2 Å². The van der Waals surface area contributed by atoms with Crippen LogP contribution in [-0.4, -0.2) is 63.1 Å². The molecule has 0 radical (unpaired) electrons. The number of hydrogen-bond acceptors (Lipinski definition) is 8. The fourth-order valence-electron chi connectivity index (χ4n) is 5.88. The summed E-state index contributed by atoms with van der Waals surface area (Å²) >= 11 is 0. The first-order valence-corrected chi connectivity index (χ1v) is 15.1. The predicted octanol–water partition coefficient (Wildman–Crippen LogP) is 5.36. The number of hydrogen-bond donors (Lipinski definition) is 0. The van der Waals surface area contributed by atoms with E-state index in [9.17, 15) is 9.18 Å². The fourth-order valence-corrected chi connectivity index (χ4v) is 5.88. The number of nitrogens with zero attached hydrogens (tertiary/aromatic N) is 6. The first-order valence-electron chi connectivity index (χ1n) is 15.1. The van der Waals surface area contributed by atoms with Gasteiger partial charge in [-0.15, -0.1) is 5.10 Å². The Bertz CT molecular complexity index is 1690. The normalized spacial score (nSPS) is 17.5. The largest absolute Gasteiger partial charge is 0.471 e. The van der Waals surface area contributed by atoms with Crippen molar-refractivity contribution in [3.05, 3.63) is 76.5 Å². The van der Waals surface area contributed by atoms with Crippen molar-refractivity contribution in [2.75, 3.05) is 26.8 Å². The van der Waals surface area contributed by atoms with Gasteiger partial charge in [-0.05, 0) is 55.5 Å². The molecule has 0 spiro atoms. The number of piperidine rings is 1. The molecule has 1 unspecified atom stereocenters. The highest BCUT2D eigenvalue weighted by Crippen LogP contribution is 2.31. The molecule has 0 bridgehead atoms. The van der Waals surface area contributed by atoms with Crippen LogP contribution in [0.15, 0.2) is 42.6 Å². The molecule has 2 aliphatic rings. The molecule has 0 aliphatic carbocycles. The monoisotopic (exact) mass is 600 g/mol. The van der Waals surface area contributed by atoms with E-state index in [2.05, 4.69) is 29.5 Å². The number of carbonyl (C=O) groups excluding carboxylic acids is 1. The molecule has 44 heavy (non-hydrogen) atoms. The molecular formula is C33H37FN6O4. The van der Waals surface area contributed by atoms with Crippen molar-refractivity contribution in [2.45, 2.75) is 70.9 Å². The van der Waals surface area contributed by atoms with E-state index in [4.69, 9.17) is 29.6 Å². The SMILES string of the molecule is COC(=O)c1ccc2nc(CN3CCC(n4cc(C(C)C)c(OCc5ccc(C#N)cc5F)n4)CC3)n(CC3CCO3)c2c1. The second-order valence-electron chi connectivity index (χ2n) is 11.9. The van der Waals surface area contributed by atoms with E-state index in [1.165, 1.54) is 13.2 Å². The molecule has 4 aromatic rings. The minimum absolute atomic E-state index is 0.0424. The van der Waals surface area contributed by atoms with E-state index in [0.717, 1.165) is 61.4 Å². The Morgan fingerprint density at radius 2 is 1.98 bits per heavy atom. The number of benzene rings is 2. The van der Waals surface area contributed by atoms with Crippen molar-refractivity contribution in [1.82, 2.24) is 24.2 Å². The number of likely N-dealkylation sites (tertiary alicyclic amines) is 1. The van der Waals surface area contributed by atoms with Crippen molar-refractivity contribution in [3.63, 3.8) is 0 Å². The molecule has 4 heterocycles. The first kappa shape index (κ1) is 29.8. The summed E-state index contributed by atoms with van der Waals surface area (Å²) in [7, 11) is 1.39. The lowest BCUT2D eigenvalue weighted by molar-refractivity contribution is -0.0592. The zero-order valence-corrected chi connectivity index (χ0v) is 25.3. The molecule has 230 valence electrons. The summed E-state index contributed by atoms with van der Waals surface area (Å²) in [4.78, 5) is 19.6. The zero-order valence-electron chi connectivity index (χ0n) is 25.3. The quantitative estimate of drug-likeness (QED) is 0.224. The summed E-state index contributed by atoms with van der Waals surface area (Å²) < 4.78 is 35.3. The van der Waals surface area contributed by atoms with Crippen molar-refractivity contribution in [1.29, 1.82) is 5.26 Å². The van der Waals surface area contributed by atoms with Crippen LogP contribution in [0.1, 0.15) is 77.9 Å². The van der Waals surface area contributed by atoms with Gasteiger partial charge < -0.3 is 18.8 Å². The first-order chi connectivity index (χ1) is 21.3. The number of halogens is 1. The van der Waals surface area contributed by atoms with Gasteiger partial charge in [-0.25, -0.2) is 14.2 Å². The van der Waals surface area contributed by atoms with Crippen LogP contribution in [0, 0.1) is 17.1 Å². The van der Waals surface area contributed by atoms with Gasteiger partial charge in [0.25, 0.3) is 0 Å². The Balaban J connectivity index is 1.14. The standard InChI is InChI=1S/C33H37FN6O4/c1-21(2)27-18-40(37-32(27)44-20-24-5-4-22(16-35)14-28(24)34)25-8-11-38(12-9-25)19-31-36-29-7-6-23(33(41)42-3)15-30(29)39(31)17-26-10-13-43-26/h4-7,14-15,18,21,25-26H,8-13,17,19-20H2,1-3H3. The molecule has 10 nitrogen and oxygen atoms in total. The molecule has 1 atom stereocenters. The third kappa shape index (κ3) is 6.18. The Kier molecular flexibility index (Phi) is 8.64. The third-order valence-electron chi connectivity index (χ3n) is 8.62. The minimum Gasteiger partial charge on any atom is -0.471 e. The summed E-state index contributed by atoms with van der Waals surface area (Å²) in [6.07, 6.45) is 5.06. The Morgan fingerprint density at radius 3 is 2.64 bits per heavy atom. The molecule has 0 saturated carbocycles. The van der Waals surface area contributed by atoms with Gasteiger partial charge in [0.15, 0.2) is 0 Å². The summed E-state index contributed by atoms with van der Waals surface area (Å²) in [5.41, 5.74) is 3.93. The maximum absolute atomic E-state index is 14.4. The van der Waals surface area contributed by atoms with Crippen LogP contribution in [0.4, 0.5) is 4.39 Å². The predicted molar refractivity (Wildman–Crippen MR) is 161 cm³/mol. The highest BCUT2D eigenvalue weighted by Gasteiger charge is 2.27. The maximum atomic E-state index is 14.4. The molecule has 6 rings (SSSR count). The van der Waals surface area contributed by atoms with Crippen molar-refractivity contribution >= 4 is 17.0 Å². The maximum Gasteiger partial charge on any atom is 0.337 e. The van der Waals surface area contributed by atoms with Crippen LogP contribution >= 0.6 is 0 Å². The Labute approximate surface area is 255 Å². The lowest BCUT2D eigenvalue weighted by Gasteiger charge is -2.32. The van der Waals surface area contributed by atoms with E-state index in [1.54, 1.807) is 18.2 Å². The third-order valence-corrected chi connectivity index (χ3v) is 8.62. The number of methoxy groups -OCH3 is 1. The van der Waals surface area contributed by atoms with Crippen LogP contribution in [0.3, 0.4) is 0 Å². The van der Waals surface area contributed by atoms with Gasteiger partial charge in [0.05, 0.1) is 60.6 Å². The highest BCUT2D eigenvalue weighted by molar-refractivity contribution is 5.93. The van der Waals surface area contributed by atoms with Crippen molar-refractivity contribution in [2.24, 2.45) is 0 Å². The molecule has 2 aromatic carbocycles. The van der Waals surface area contributed by atoms with E-state index < -0.39 is 5.82 Å². The van der Waals surface area contributed by atoms with Crippen LogP contribution in [0.2, 0.25) is 0 Å². The number of ether oxygens (including phenoxy) is 3. The Morgan fingerprint density at radius 1 is 1.18 bits per heavy atom. The van der Waals surface area contributed by atoms with Crippen LogP contribution in [0.25, 0.3) is 11.0 Å². The van der Waals surface area contributed by atoms with Crippen LogP contribution in [0.5, 0.6) is 5.88 Å². The smallest absolute Gasteiger partial charge is 0.337 e. The molecule has 11 heteroatoms. The molecule has 0 amide bonds. The van der Waals surface area contributed by atoms with Gasteiger partial charge in [-0.3, -0.25) is 9.58 Å². The summed E-state index contributed by atoms with van der Waals surface area (Å²) in [5.74, 6) is 0.848. The summed E-state index contributed by atoms with van der Waals surface area (Å²) in [5, 5.41) is 13.8. The molecule has 2 saturated heterocycles.